The first-order valence-electron chi connectivity index (χ1n) is 42.7. The molecule has 0 N–H and O–H groups in total. The Kier molecular flexibility index (Phi) is 23.7. The molecule has 0 bridgehead atoms. The van der Waals surface area contributed by atoms with E-state index in [1.165, 1.54) is 89.5 Å². The second kappa shape index (κ2) is 32.9. The van der Waals surface area contributed by atoms with Crippen molar-refractivity contribution in [3.63, 3.8) is 0 Å². The summed E-state index contributed by atoms with van der Waals surface area (Å²) in [5, 5.41) is 8.86. The molecular weight excluding hydrogens is 1450 g/mol. The Morgan fingerprint density at radius 1 is 0.280 bits per heavy atom. The van der Waals surface area contributed by atoms with Crippen LogP contribution in [0, 0.1) is 77.0 Å². The predicted octanol–water partition coefficient (Wildman–Crippen LogP) is 26.1. The van der Waals surface area contributed by atoms with Gasteiger partial charge in [0.25, 0.3) is 0 Å². The standard InChI is InChI=1S/2C27H33N2O.2C26H31N2O/c2*1-16(2)22-12-11-21-20-10-9-17(3)24(25(20)30-26(21)28-22)23-13-18(4)19(15-29(23)8)14-27(5,6)7;2*1-8-19-10-12-21-20-11-9-16(2)23(24(20)29-25(21)27-19)22-13-17(3)18(15-28(22)7)14-26(4,5)6/h2*9-13,15-16H,14H2,1-8H3;2*9-13,15H,8,14H2,1-7H3/q4*+1. The van der Waals surface area contributed by atoms with Crippen LogP contribution in [0.4, 0.5) is 0 Å². The average Bonchev–Trinajstić information content (AvgIpc) is 1.60. The fourth-order valence-electron chi connectivity index (χ4n) is 16.9. The summed E-state index contributed by atoms with van der Waals surface area (Å²) in [6.45, 7) is 57.9. The normalized spacial score (nSPS) is 12.3. The molecule has 0 aliphatic carbocycles. The molecule has 0 radical (unpaired) electrons. The number of aryl methyl sites for hydroxylation is 14. The summed E-state index contributed by atoms with van der Waals surface area (Å²) in [5.74, 6) is 0.749. The molecule has 4 aromatic carbocycles. The van der Waals surface area contributed by atoms with Crippen LogP contribution in [0.25, 0.3) is 133 Å². The molecule has 16 rings (SSSR count). The van der Waals surface area contributed by atoms with Gasteiger partial charge in [-0.15, -0.1) is 0 Å². The summed E-state index contributed by atoms with van der Waals surface area (Å²) < 4.78 is 34.4. The maximum Gasteiger partial charge on any atom is 0.227 e. The quantitative estimate of drug-likeness (QED) is 0.111. The monoisotopic (exact) mass is 1580 g/mol. The number of benzene rings is 4. The highest BCUT2D eigenvalue weighted by Crippen LogP contribution is 2.43. The largest absolute Gasteiger partial charge is 0.437 e. The minimum Gasteiger partial charge on any atom is -0.437 e. The molecule has 16 aromatic rings. The zero-order valence-corrected chi connectivity index (χ0v) is 76.5. The SMILES string of the molecule is CCc1ccc2c(n1)oc1c(-c3cc(C)c(CC(C)(C)C)c[n+]3C)c(C)ccc12.CCc1ccc2c(n1)oc1c(-c3cc(C)c(CC(C)(C)C)c[n+]3C)c(C)ccc12.Cc1cc(-c2c(C)ccc3c2oc2nc(C(C)C)ccc23)[n+](C)cc1CC(C)(C)C.Cc1cc(-c2c(C)ccc3c2oc2nc(C(C)C)ccc23)[n+](C)cc1CC(C)(C)C. The smallest absolute Gasteiger partial charge is 0.227 e. The van der Waals surface area contributed by atoms with Crippen LogP contribution in [0.2, 0.25) is 0 Å². The first kappa shape index (κ1) is 85.2. The Morgan fingerprint density at radius 2 is 0.492 bits per heavy atom. The van der Waals surface area contributed by atoms with E-state index in [1.54, 1.807) is 0 Å². The first-order chi connectivity index (χ1) is 55.4. The van der Waals surface area contributed by atoms with Gasteiger partial charge in [-0.3, -0.25) is 0 Å². The summed E-state index contributed by atoms with van der Waals surface area (Å²) in [7, 11) is 8.54. The van der Waals surface area contributed by atoms with E-state index in [1.807, 2.05) is 0 Å². The van der Waals surface area contributed by atoms with Gasteiger partial charge in [-0.2, -0.15) is 0 Å². The van der Waals surface area contributed by atoms with Crippen molar-refractivity contribution >= 4 is 88.3 Å². The van der Waals surface area contributed by atoms with Gasteiger partial charge in [0.05, 0.1) is 22.3 Å². The third-order valence-corrected chi connectivity index (χ3v) is 23.2. The van der Waals surface area contributed by atoms with E-state index in [2.05, 4.69) is 373 Å². The van der Waals surface area contributed by atoms with E-state index < -0.39 is 0 Å². The van der Waals surface area contributed by atoms with Crippen molar-refractivity contribution < 1.29 is 35.9 Å². The van der Waals surface area contributed by atoms with Crippen LogP contribution >= 0.6 is 0 Å². The molecule has 0 saturated carbocycles. The Hall–Kier alpha value is -10.7. The molecule has 0 fully saturated rings. The molecule has 0 aliphatic rings. The van der Waals surface area contributed by atoms with Crippen molar-refractivity contribution in [2.75, 3.05) is 0 Å². The lowest BCUT2D eigenvalue weighted by Gasteiger charge is -2.19. The molecule has 12 nitrogen and oxygen atoms in total. The van der Waals surface area contributed by atoms with E-state index in [0.29, 0.717) is 11.8 Å². The lowest BCUT2D eigenvalue weighted by molar-refractivity contribution is -0.661. The highest BCUT2D eigenvalue weighted by molar-refractivity contribution is 6.12. The summed E-state index contributed by atoms with van der Waals surface area (Å²) in [5.41, 5.74) is 37.0. The molecular formula is C106H128N8O4+4. The zero-order chi connectivity index (χ0) is 85.4. The molecule has 12 heterocycles. The molecule has 12 heteroatoms. The van der Waals surface area contributed by atoms with Crippen molar-refractivity contribution in [2.24, 2.45) is 49.9 Å². The van der Waals surface area contributed by atoms with E-state index in [9.17, 15) is 0 Å². The van der Waals surface area contributed by atoms with Crippen LogP contribution in [-0.4, -0.2) is 19.9 Å². The third-order valence-electron chi connectivity index (χ3n) is 23.2. The number of fused-ring (bicyclic) bond motifs is 12. The van der Waals surface area contributed by atoms with Crippen LogP contribution in [0.1, 0.15) is 226 Å². The van der Waals surface area contributed by atoms with Gasteiger partial charge in [0.1, 0.15) is 28.2 Å². The van der Waals surface area contributed by atoms with Gasteiger partial charge < -0.3 is 17.7 Å². The zero-order valence-electron chi connectivity index (χ0n) is 76.5. The number of aromatic nitrogens is 8. The average molecular weight is 1580 g/mol. The second-order valence-electron chi connectivity index (χ2n) is 39.3. The van der Waals surface area contributed by atoms with Gasteiger partial charge in [0.15, 0.2) is 47.1 Å². The summed E-state index contributed by atoms with van der Waals surface area (Å²) in [6.07, 6.45) is 15.2. The van der Waals surface area contributed by atoms with Crippen molar-refractivity contribution in [1.29, 1.82) is 0 Å². The van der Waals surface area contributed by atoms with Crippen molar-refractivity contribution in [3.8, 4) is 45.0 Å². The number of rotatable bonds is 12. The van der Waals surface area contributed by atoms with Gasteiger partial charge in [0.2, 0.25) is 45.6 Å². The molecule has 0 unspecified atom stereocenters. The number of hydrogen-bond donors (Lipinski definition) is 0. The van der Waals surface area contributed by atoms with Crippen LogP contribution < -0.4 is 18.3 Å². The lowest BCUT2D eigenvalue weighted by atomic mass is 9.86. The molecule has 0 atom stereocenters. The summed E-state index contributed by atoms with van der Waals surface area (Å²) in [6, 6.07) is 43.7. The fraction of sp³-hybridized carbons (Fsp3) is 0.396. The van der Waals surface area contributed by atoms with E-state index in [0.717, 1.165) is 172 Å². The predicted molar refractivity (Wildman–Crippen MR) is 490 cm³/mol. The second-order valence-corrected chi connectivity index (χ2v) is 39.3. The van der Waals surface area contributed by atoms with Crippen LogP contribution in [0.15, 0.2) is 164 Å². The summed E-state index contributed by atoms with van der Waals surface area (Å²) >= 11 is 0. The molecule has 0 amide bonds. The highest BCUT2D eigenvalue weighted by atomic mass is 16.4. The van der Waals surface area contributed by atoms with Crippen LogP contribution in [0.5, 0.6) is 0 Å². The number of hydrogen-bond acceptors (Lipinski definition) is 8. The lowest BCUT2D eigenvalue weighted by Crippen LogP contribution is -2.32. The van der Waals surface area contributed by atoms with E-state index >= 15 is 0 Å². The maximum atomic E-state index is 6.39. The minimum absolute atomic E-state index is 0.258. The first-order valence-corrected chi connectivity index (χ1v) is 42.7. The molecule has 12 aromatic heterocycles. The Balaban J connectivity index is 0.000000136. The van der Waals surface area contributed by atoms with E-state index in [-0.39, 0.29) is 21.7 Å². The molecule has 0 aliphatic heterocycles. The minimum atomic E-state index is 0.258. The highest BCUT2D eigenvalue weighted by Gasteiger charge is 2.31. The van der Waals surface area contributed by atoms with E-state index in [4.69, 9.17) is 37.6 Å². The molecule has 118 heavy (non-hydrogen) atoms. The Morgan fingerprint density at radius 3 is 0.703 bits per heavy atom. The van der Waals surface area contributed by atoms with Gasteiger partial charge in [0, 0.05) is 112 Å². The molecule has 0 spiro atoms. The van der Waals surface area contributed by atoms with Gasteiger partial charge in [-0.25, -0.2) is 38.2 Å². The number of nitrogens with zero attached hydrogens (tertiary/aromatic N) is 8. The number of furan rings is 4. The summed E-state index contributed by atoms with van der Waals surface area (Å²) in [4.78, 5) is 19.0. The number of pyridine rings is 8. The third kappa shape index (κ3) is 17.8. The maximum absolute atomic E-state index is 6.39. The molecule has 612 valence electrons. The van der Waals surface area contributed by atoms with Crippen LogP contribution in [0.3, 0.4) is 0 Å². The van der Waals surface area contributed by atoms with Crippen molar-refractivity contribution in [2.45, 2.75) is 230 Å². The van der Waals surface area contributed by atoms with Gasteiger partial charge in [-0.1, -0.05) is 173 Å². The van der Waals surface area contributed by atoms with Crippen molar-refractivity contribution in [3.05, 3.63) is 236 Å². The van der Waals surface area contributed by atoms with Crippen molar-refractivity contribution in [1.82, 2.24) is 19.9 Å². The fourth-order valence-corrected chi connectivity index (χ4v) is 16.9. The Bertz CT molecular complexity index is 6150. The molecule has 0 saturated heterocycles. The van der Waals surface area contributed by atoms with Crippen LogP contribution in [-0.2, 0) is 66.7 Å². The topological polar surface area (TPSA) is 120 Å². The Labute approximate surface area is 700 Å². The van der Waals surface area contributed by atoms with Gasteiger partial charge in [-0.05, 0) is 220 Å². The van der Waals surface area contributed by atoms with Gasteiger partial charge >= 0.3 is 0 Å².